The van der Waals surface area contributed by atoms with Crippen molar-refractivity contribution in [3.05, 3.63) is 17.6 Å². The number of hydrogen-bond acceptors (Lipinski definition) is 4. The van der Waals surface area contributed by atoms with E-state index in [4.69, 9.17) is 4.74 Å². The van der Waals surface area contributed by atoms with Crippen molar-refractivity contribution in [2.45, 2.75) is 38.7 Å². The first-order chi connectivity index (χ1) is 8.15. The van der Waals surface area contributed by atoms with Crippen LogP contribution in [0.4, 0.5) is 5.82 Å². The largest absolute Gasteiger partial charge is 0.373 e. The summed E-state index contributed by atoms with van der Waals surface area (Å²) in [7, 11) is 3.63. The van der Waals surface area contributed by atoms with Crippen LogP contribution in [0, 0.1) is 5.92 Å². The third-order valence-corrected chi connectivity index (χ3v) is 3.17. The zero-order chi connectivity index (χ0) is 12.4. The molecule has 1 N–H and O–H groups in total. The number of rotatable bonds is 5. The topological polar surface area (TPSA) is 47.0 Å². The molecule has 1 saturated carbocycles. The predicted molar refractivity (Wildman–Crippen MR) is 68.1 cm³/mol. The van der Waals surface area contributed by atoms with Crippen LogP contribution in [-0.2, 0) is 4.74 Å². The summed E-state index contributed by atoms with van der Waals surface area (Å²) in [5.74, 6) is 2.71. The first-order valence-electron chi connectivity index (χ1n) is 6.25. The summed E-state index contributed by atoms with van der Waals surface area (Å²) >= 11 is 0. The molecule has 1 atom stereocenters. The summed E-state index contributed by atoms with van der Waals surface area (Å²) in [5, 5.41) is 3.09. The average Bonchev–Trinajstić information content (AvgIpc) is 3.14. The molecule has 17 heavy (non-hydrogen) atoms. The highest BCUT2D eigenvalue weighted by atomic mass is 16.5. The number of nitrogens with zero attached hydrogens (tertiary/aromatic N) is 2. The van der Waals surface area contributed by atoms with Crippen molar-refractivity contribution in [2.75, 3.05) is 19.5 Å². The second-order valence-electron chi connectivity index (χ2n) is 4.93. The maximum absolute atomic E-state index is 5.54. The molecule has 94 valence electrons. The Morgan fingerprint density at radius 3 is 2.53 bits per heavy atom. The number of nitrogens with one attached hydrogen (secondary N) is 1. The summed E-state index contributed by atoms with van der Waals surface area (Å²) < 4.78 is 5.54. The van der Waals surface area contributed by atoms with Gasteiger partial charge >= 0.3 is 0 Å². The van der Waals surface area contributed by atoms with Crippen LogP contribution < -0.4 is 5.32 Å². The van der Waals surface area contributed by atoms with E-state index in [0.717, 1.165) is 17.3 Å². The third kappa shape index (κ3) is 2.75. The van der Waals surface area contributed by atoms with Crippen molar-refractivity contribution in [1.82, 2.24) is 9.97 Å². The van der Waals surface area contributed by atoms with Crippen LogP contribution in [0.25, 0.3) is 0 Å². The van der Waals surface area contributed by atoms with Gasteiger partial charge in [-0.1, -0.05) is 13.8 Å². The molecule has 0 bridgehead atoms. The molecule has 1 aliphatic carbocycles. The van der Waals surface area contributed by atoms with Gasteiger partial charge in [-0.15, -0.1) is 0 Å². The number of hydrogen-bond donors (Lipinski definition) is 1. The fourth-order valence-corrected chi connectivity index (χ4v) is 1.94. The zero-order valence-electron chi connectivity index (χ0n) is 11.0. The lowest BCUT2D eigenvalue weighted by atomic mass is 10.1. The van der Waals surface area contributed by atoms with E-state index in [1.165, 1.54) is 12.8 Å². The Morgan fingerprint density at radius 1 is 1.35 bits per heavy atom. The van der Waals surface area contributed by atoms with Crippen LogP contribution in [0.2, 0.25) is 0 Å². The first-order valence-corrected chi connectivity index (χ1v) is 6.25. The summed E-state index contributed by atoms with van der Waals surface area (Å²) in [6.45, 7) is 4.29. The Labute approximate surface area is 103 Å². The fraction of sp³-hybridized carbons (Fsp3) is 0.692. The molecule has 0 radical (unpaired) electrons. The molecular formula is C13H21N3O. The second kappa shape index (κ2) is 5.00. The SMILES string of the molecule is CNc1cc(C(C)C)nc(C(OC)C2CC2)n1. The summed E-state index contributed by atoms with van der Waals surface area (Å²) in [6, 6.07) is 2.01. The van der Waals surface area contributed by atoms with E-state index < -0.39 is 0 Å². The van der Waals surface area contributed by atoms with E-state index >= 15 is 0 Å². The molecule has 1 aromatic rings. The Bertz CT molecular complexity index is 388. The third-order valence-electron chi connectivity index (χ3n) is 3.17. The van der Waals surface area contributed by atoms with Gasteiger partial charge < -0.3 is 10.1 Å². The van der Waals surface area contributed by atoms with E-state index in [-0.39, 0.29) is 6.10 Å². The standard InChI is InChI=1S/C13H21N3O/c1-8(2)10-7-11(14-3)16-13(15-10)12(17-4)9-5-6-9/h7-9,12H,5-6H2,1-4H3,(H,14,15,16). The molecule has 0 aliphatic heterocycles. The van der Waals surface area contributed by atoms with Crippen molar-refractivity contribution in [3.63, 3.8) is 0 Å². The van der Waals surface area contributed by atoms with Gasteiger partial charge in [-0.3, -0.25) is 0 Å². The minimum atomic E-state index is 0.0563. The molecule has 2 rings (SSSR count). The molecule has 0 saturated heterocycles. The van der Waals surface area contributed by atoms with Gasteiger partial charge in [0.2, 0.25) is 0 Å². The molecule has 1 aliphatic rings. The van der Waals surface area contributed by atoms with Gasteiger partial charge in [-0.2, -0.15) is 0 Å². The van der Waals surface area contributed by atoms with E-state index in [2.05, 4.69) is 29.1 Å². The van der Waals surface area contributed by atoms with Crippen molar-refractivity contribution < 1.29 is 4.74 Å². The van der Waals surface area contributed by atoms with Gasteiger partial charge in [0.15, 0.2) is 5.82 Å². The summed E-state index contributed by atoms with van der Waals surface area (Å²) in [4.78, 5) is 9.16. The normalized spacial score (nSPS) is 17.2. The van der Waals surface area contributed by atoms with Gasteiger partial charge in [-0.05, 0) is 24.7 Å². The van der Waals surface area contributed by atoms with E-state index in [1.807, 2.05) is 13.1 Å². The Balaban J connectivity index is 2.34. The monoisotopic (exact) mass is 235 g/mol. The van der Waals surface area contributed by atoms with Crippen LogP contribution >= 0.6 is 0 Å². The molecule has 1 fully saturated rings. The second-order valence-corrected chi connectivity index (χ2v) is 4.93. The smallest absolute Gasteiger partial charge is 0.160 e. The van der Waals surface area contributed by atoms with Crippen LogP contribution in [0.3, 0.4) is 0 Å². The number of methoxy groups -OCH3 is 1. The lowest BCUT2D eigenvalue weighted by molar-refractivity contribution is 0.0771. The van der Waals surface area contributed by atoms with Gasteiger partial charge in [0, 0.05) is 25.9 Å². The maximum atomic E-state index is 5.54. The predicted octanol–water partition coefficient (Wildman–Crippen LogP) is 2.74. The van der Waals surface area contributed by atoms with E-state index in [0.29, 0.717) is 11.8 Å². The lowest BCUT2D eigenvalue weighted by Crippen LogP contribution is -2.12. The molecule has 1 heterocycles. The van der Waals surface area contributed by atoms with Gasteiger partial charge in [0.25, 0.3) is 0 Å². The first kappa shape index (κ1) is 12.3. The summed E-state index contributed by atoms with van der Waals surface area (Å²) in [6.07, 6.45) is 2.51. The van der Waals surface area contributed by atoms with Gasteiger partial charge in [-0.25, -0.2) is 9.97 Å². The minimum absolute atomic E-state index is 0.0563. The molecule has 1 unspecified atom stereocenters. The highest BCUT2D eigenvalue weighted by molar-refractivity contribution is 5.36. The molecule has 4 nitrogen and oxygen atoms in total. The maximum Gasteiger partial charge on any atom is 0.160 e. The minimum Gasteiger partial charge on any atom is -0.373 e. The average molecular weight is 235 g/mol. The highest BCUT2D eigenvalue weighted by Crippen LogP contribution is 2.42. The molecule has 0 spiro atoms. The number of aromatic nitrogens is 2. The lowest BCUT2D eigenvalue weighted by Gasteiger charge is -2.16. The molecule has 0 aromatic carbocycles. The number of anilines is 1. The molecule has 0 amide bonds. The van der Waals surface area contributed by atoms with Crippen LogP contribution in [-0.4, -0.2) is 24.1 Å². The van der Waals surface area contributed by atoms with Crippen molar-refractivity contribution in [1.29, 1.82) is 0 Å². The molecule has 4 heteroatoms. The quantitative estimate of drug-likeness (QED) is 0.852. The van der Waals surface area contributed by atoms with E-state index in [1.54, 1.807) is 7.11 Å². The summed E-state index contributed by atoms with van der Waals surface area (Å²) in [5.41, 5.74) is 1.07. The van der Waals surface area contributed by atoms with Crippen LogP contribution in [0.5, 0.6) is 0 Å². The van der Waals surface area contributed by atoms with Gasteiger partial charge in [0.1, 0.15) is 11.9 Å². The van der Waals surface area contributed by atoms with Crippen LogP contribution in [0.1, 0.15) is 50.2 Å². The van der Waals surface area contributed by atoms with Gasteiger partial charge in [0.05, 0.1) is 0 Å². The molecule has 1 aromatic heterocycles. The van der Waals surface area contributed by atoms with Crippen LogP contribution in [0.15, 0.2) is 6.07 Å². The Morgan fingerprint density at radius 2 is 2.06 bits per heavy atom. The van der Waals surface area contributed by atoms with Crippen molar-refractivity contribution in [3.8, 4) is 0 Å². The highest BCUT2D eigenvalue weighted by Gasteiger charge is 2.34. The Hall–Kier alpha value is -1.16. The van der Waals surface area contributed by atoms with Crippen molar-refractivity contribution in [2.24, 2.45) is 5.92 Å². The number of ether oxygens (including phenoxy) is 1. The molecular weight excluding hydrogens is 214 g/mol. The van der Waals surface area contributed by atoms with Crippen molar-refractivity contribution >= 4 is 5.82 Å². The van der Waals surface area contributed by atoms with E-state index in [9.17, 15) is 0 Å². The Kier molecular flexibility index (Phi) is 3.62. The fourth-order valence-electron chi connectivity index (χ4n) is 1.94. The zero-order valence-corrected chi connectivity index (χ0v) is 11.0.